The van der Waals surface area contributed by atoms with Gasteiger partial charge in [-0.1, -0.05) is 47.1 Å². The number of pyridine rings is 1. The minimum Gasteiger partial charge on any atom is -0.451 e. The number of amides is 1. The summed E-state index contributed by atoms with van der Waals surface area (Å²) in [6, 6.07) is 8.80. The number of nitrogens with one attached hydrogen (secondary N) is 1. The van der Waals surface area contributed by atoms with E-state index in [1.54, 1.807) is 12.1 Å². The van der Waals surface area contributed by atoms with Crippen LogP contribution in [-0.4, -0.2) is 29.2 Å². The highest BCUT2D eigenvalue weighted by molar-refractivity contribution is 7.99. The zero-order chi connectivity index (χ0) is 18.4. The molecule has 1 heterocycles. The van der Waals surface area contributed by atoms with Crippen LogP contribution in [0, 0.1) is 0 Å². The molecular formula is C15H10Cl2F2N2O3S. The number of alkyl halides is 2. The molecule has 0 saturated heterocycles. The molecule has 0 fully saturated rings. The molecule has 132 valence electrons. The lowest BCUT2D eigenvalue weighted by Crippen LogP contribution is -2.21. The van der Waals surface area contributed by atoms with Gasteiger partial charge in [-0.15, -0.1) is 0 Å². The average Bonchev–Trinajstić information content (AvgIpc) is 2.56. The van der Waals surface area contributed by atoms with Gasteiger partial charge in [0.15, 0.2) is 12.3 Å². The van der Waals surface area contributed by atoms with Gasteiger partial charge in [0.1, 0.15) is 5.15 Å². The number of hydrogen-bond donors (Lipinski definition) is 1. The summed E-state index contributed by atoms with van der Waals surface area (Å²) in [7, 11) is 0. The van der Waals surface area contributed by atoms with E-state index < -0.39 is 24.2 Å². The van der Waals surface area contributed by atoms with Crippen molar-refractivity contribution in [1.29, 1.82) is 0 Å². The molecule has 1 aromatic heterocycles. The highest BCUT2D eigenvalue weighted by atomic mass is 35.5. The lowest BCUT2D eigenvalue weighted by atomic mass is 10.3. The molecule has 0 aliphatic carbocycles. The van der Waals surface area contributed by atoms with Gasteiger partial charge >= 0.3 is 5.97 Å². The number of thioether (sulfide) groups is 1. The summed E-state index contributed by atoms with van der Waals surface area (Å²) in [6.45, 7) is -0.642. The van der Waals surface area contributed by atoms with Crippen LogP contribution in [0.2, 0.25) is 10.2 Å². The second-order valence-electron chi connectivity index (χ2n) is 4.46. The minimum absolute atomic E-state index is 0.0217. The van der Waals surface area contributed by atoms with E-state index in [1.807, 2.05) is 0 Å². The van der Waals surface area contributed by atoms with Crippen LogP contribution in [0.4, 0.5) is 14.5 Å². The molecule has 0 spiro atoms. The molecule has 25 heavy (non-hydrogen) atoms. The normalized spacial score (nSPS) is 10.6. The van der Waals surface area contributed by atoms with E-state index in [4.69, 9.17) is 27.9 Å². The molecule has 0 saturated carbocycles. The van der Waals surface area contributed by atoms with Crippen molar-refractivity contribution in [3.63, 3.8) is 0 Å². The third-order valence-corrected chi connectivity index (χ3v) is 4.02. The third kappa shape index (κ3) is 5.84. The molecular weight excluding hydrogens is 397 g/mol. The Kier molecular flexibility index (Phi) is 6.98. The molecule has 10 heteroatoms. The van der Waals surface area contributed by atoms with Gasteiger partial charge in [0.25, 0.3) is 11.7 Å². The molecule has 2 aromatic rings. The van der Waals surface area contributed by atoms with Gasteiger partial charge in [0, 0.05) is 4.90 Å². The van der Waals surface area contributed by atoms with E-state index in [9.17, 15) is 18.4 Å². The van der Waals surface area contributed by atoms with E-state index in [1.165, 1.54) is 24.3 Å². The molecule has 5 nitrogen and oxygen atoms in total. The fraction of sp³-hybridized carbons (Fsp3) is 0.133. The average molecular weight is 407 g/mol. The number of aromatic nitrogens is 1. The van der Waals surface area contributed by atoms with Crippen molar-refractivity contribution >= 4 is 52.5 Å². The third-order valence-electron chi connectivity index (χ3n) is 2.72. The summed E-state index contributed by atoms with van der Waals surface area (Å²) in [5.41, 5.74) is -0.0385. The van der Waals surface area contributed by atoms with Crippen LogP contribution < -0.4 is 5.32 Å². The van der Waals surface area contributed by atoms with Crippen LogP contribution in [0.5, 0.6) is 0 Å². The molecule has 2 rings (SSSR count). The highest BCUT2D eigenvalue weighted by Gasteiger charge is 2.17. The molecule has 1 amide bonds. The first-order valence-electron chi connectivity index (χ1n) is 6.69. The minimum atomic E-state index is -2.63. The first-order valence-corrected chi connectivity index (χ1v) is 8.33. The van der Waals surface area contributed by atoms with Gasteiger partial charge < -0.3 is 10.1 Å². The molecule has 1 aromatic carbocycles. The lowest BCUT2D eigenvalue weighted by Gasteiger charge is -2.10. The maximum atomic E-state index is 12.5. The Labute approximate surface area is 155 Å². The number of rotatable bonds is 6. The number of esters is 1. The van der Waals surface area contributed by atoms with Gasteiger partial charge in [-0.25, -0.2) is 9.78 Å². The summed E-state index contributed by atoms with van der Waals surface area (Å²) in [4.78, 5) is 27.7. The van der Waals surface area contributed by atoms with E-state index in [0.717, 1.165) is 0 Å². The first kappa shape index (κ1) is 19.4. The van der Waals surface area contributed by atoms with Gasteiger partial charge in [-0.2, -0.15) is 8.78 Å². The van der Waals surface area contributed by atoms with Gasteiger partial charge in [-0.3, -0.25) is 4.79 Å². The number of carbonyl (C=O) groups excluding carboxylic acids is 2. The highest BCUT2D eigenvalue weighted by Crippen LogP contribution is 2.31. The van der Waals surface area contributed by atoms with E-state index in [2.05, 4.69) is 10.3 Å². The van der Waals surface area contributed by atoms with Crippen LogP contribution in [0.1, 0.15) is 10.5 Å². The van der Waals surface area contributed by atoms with Crippen molar-refractivity contribution in [3.8, 4) is 0 Å². The van der Waals surface area contributed by atoms with E-state index >= 15 is 0 Å². The standard InChI is InChI=1S/C15H10Cl2F2N2O3S/c16-8-5-6-11(17)21-13(8)14(23)24-7-12(22)20-9-3-1-2-4-10(9)25-15(18)19/h1-6,15H,7H2,(H,20,22). The number of ether oxygens (including phenoxy) is 1. The van der Waals surface area contributed by atoms with Crippen molar-refractivity contribution in [1.82, 2.24) is 4.98 Å². The topological polar surface area (TPSA) is 68.3 Å². The Hall–Kier alpha value is -1.90. The largest absolute Gasteiger partial charge is 0.451 e. The molecule has 1 N–H and O–H groups in total. The molecule has 0 radical (unpaired) electrons. The number of anilines is 1. The van der Waals surface area contributed by atoms with Gasteiger partial charge in [-0.05, 0) is 24.3 Å². The number of carbonyl (C=O) groups is 2. The number of nitrogens with zero attached hydrogens (tertiary/aromatic N) is 1. The van der Waals surface area contributed by atoms with Crippen molar-refractivity contribution in [3.05, 3.63) is 52.3 Å². The fourth-order valence-electron chi connectivity index (χ4n) is 1.72. The van der Waals surface area contributed by atoms with Crippen LogP contribution in [0.3, 0.4) is 0 Å². The van der Waals surface area contributed by atoms with Crippen LogP contribution in [-0.2, 0) is 9.53 Å². The quantitative estimate of drug-likeness (QED) is 0.434. The Balaban J connectivity index is 1.97. The number of halogens is 4. The summed E-state index contributed by atoms with van der Waals surface area (Å²) < 4.78 is 29.8. The number of para-hydroxylation sites is 1. The van der Waals surface area contributed by atoms with Crippen LogP contribution in [0.25, 0.3) is 0 Å². The number of hydrogen-bond acceptors (Lipinski definition) is 5. The smallest absolute Gasteiger partial charge is 0.359 e. The van der Waals surface area contributed by atoms with Crippen LogP contribution in [0.15, 0.2) is 41.3 Å². The van der Waals surface area contributed by atoms with Crippen molar-refractivity contribution < 1.29 is 23.1 Å². The molecule has 0 unspecified atom stereocenters. The molecule has 0 aliphatic heterocycles. The van der Waals surface area contributed by atoms with E-state index in [0.29, 0.717) is 11.8 Å². The monoisotopic (exact) mass is 406 g/mol. The van der Waals surface area contributed by atoms with Crippen LogP contribution >= 0.6 is 35.0 Å². The predicted molar refractivity (Wildman–Crippen MR) is 91.5 cm³/mol. The second kappa shape index (κ2) is 8.98. The lowest BCUT2D eigenvalue weighted by molar-refractivity contribution is -0.119. The zero-order valence-corrected chi connectivity index (χ0v) is 14.7. The maximum Gasteiger partial charge on any atom is 0.359 e. The maximum absolute atomic E-state index is 12.5. The summed E-state index contributed by atoms with van der Waals surface area (Å²) in [5, 5.41) is 2.46. The Morgan fingerprint density at radius 1 is 1.20 bits per heavy atom. The SMILES string of the molecule is O=C(COC(=O)c1nc(Cl)ccc1Cl)Nc1ccccc1SC(F)F. The predicted octanol–water partition coefficient (Wildman–Crippen LogP) is 4.50. The summed E-state index contributed by atoms with van der Waals surface area (Å²) in [6.07, 6.45) is 0. The van der Waals surface area contributed by atoms with Crippen molar-refractivity contribution in [2.45, 2.75) is 10.7 Å². The Morgan fingerprint density at radius 2 is 1.92 bits per heavy atom. The Bertz CT molecular complexity index is 793. The molecule has 0 bridgehead atoms. The molecule has 0 aliphatic rings. The van der Waals surface area contributed by atoms with Crippen molar-refractivity contribution in [2.24, 2.45) is 0 Å². The zero-order valence-electron chi connectivity index (χ0n) is 12.3. The first-order chi connectivity index (χ1) is 11.9. The van der Waals surface area contributed by atoms with Crippen molar-refractivity contribution in [2.75, 3.05) is 11.9 Å². The van der Waals surface area contributed by atoms with E-state index in [-0.39, 0.29) is 26.5 Å². The second-order valence-corrected chi connectivity index (χ2v) is 6.29. The van der Waals surface area contributed by atoms with Gasteiger partial charge in [0.05, 0.1) is 10.7 Å². The van der Waals surface area contributed by atoms with Gasteiger partial charge in [0.2, 0.25) is 0 Å². The number of benzene rings is 1. The fourth-order valence-corrected chi connectivity index (χ4v) is 2.64. The Morgan fingerprint density at radius 3 is 2.64 bits per heavy atom. The summed E-state index contributed by atoms with van der Waals surface area (Å²) >= 11 is 11.8. The molecule has 0 atom stereocenters. The summed E-state index contributed by atoms with van der Waals surface area (Å²) in [5.74, 6) is -4.27.